The fourth-order valence-corrected chi connectivity index (χ4v) is 1.81. The smallest absolute Gasteiger partial charge is 0.277 e. The molecule has 0 radical (unpaired) electrons. The van der Waals surface area contributed by atoms with Crippen molar-refractivity contribution in [3.8, 4) is 5.75 Å². The quantitative estimate of drug-likeness (QED) is 0.645. The van der Waals surface area contributed by atoms with Gasteiger partial charge in [-0.05, 0) is 42.8 Å². The van der Waals surface area contributed by atoms with Gasteiger partial charge in [-0.15, -0.1) is 0 Å². The maximum absolute atomic E-state index is 11.7. The first-order valence-electron chi connectivity index (χ1n) is 7.08. The molecule has 1 amide bonds. The highest BCUT2D eigenvalue weighted by molar-refractivity contribution is 6.30. The van der Waals surface area contributed by atoms with Crippen molar-refractivity contribution in [2.24, 2.45) is 5.10 Å². The highest BCUT2D eigenvalue weighted by atomic mass is 35.5. The zero-order valence-corrected chi connectivity index (χ0v) is 13.5. The minimum atomic E-state index is -0.326. The van der Waals surface area contributed by atoms with E-state index in [0.29, 0.717) is 16.5 Å². The highest BCUT2D eigenvalue weighted by Crippen LogP contribution is 2.15. The maximum atomic E-state index is 11.7. The summed E-state index contributed by atoms with van der Waals surface area (Å²) >= 11 is 5.77. The van der Waals surface area contributed by atoms with Crippen molar-refractivity contribution in [1.82, 2.24) is 5.43 Å². The lowest BCUT2D eigenvalue weighted by Crippen LogP contribution is -2.25. The number of hydrazone groups is 1. The van der Waals surface area contributed by atoms with Gasteiger partial charge in [0.05, 0.1) is 5.71 Å². The van der Waals surface area contributed by atoms with Crippen LogP contribution in [-0.4, -0.2) is 18.2 Å². The molecule has 5 heteroatoms. The molecule has 0 aliphatic rings. The molecule has 0 saturated carbocycles. The number of benzene rings is 2. The maximum Gasteiger partial charge on any atom is 0.277 e. The number of halogens is 1. The van der Waals surface area contributed by atoms with Crippen LogP contribution in [0.3, 0.4) is 0 Å². The summed E-state index contributed by atoms with van der Waals surface area (Å²) in [5, 5.41) is 4.61. The van der Waals surface area contributed by atoms with Crippen LogP contribution < -0.4 is 10.2 Å². The summed E-state index contributed by atoms with van der Waals surface area (Å²) in [6.07, 6.45) is 3.75. The van der Waals surface area contributed by atoms with Gasteiger partial charge < -0.3 is 4.74 Å². The van der Waals surface area contributed by atoms with Gasteiger partial charge in [-0.25, -0.2) is 5.43 Å². The van der Waals surface area contributed by atoms with Gasteiger partial charge in [-0.3, -0.25) is 4.79 Å². The number of rotatable bonds is 6. The molecule has 0 heterocycles. The molecular weight excluding hydrogens is 312 g/mol. The van der Waals surface area contributed by atoms with Gasteiger partial charge in [0.25, 0.3) is 5.91 Å². The van der Waals surface area contributed by atoms with E-state index >= 15 is 0 Å². The van der Waals surface area contributed by atoms with Crippen molar-refractivity contribution < 1.29 is 9.53 Å². The third-order valence-electron chi connectivity index (χ3n) is 2.86. The topological polar surface area (TPSA) is 50.7 Å². The third kappa shape index (κ3) is 6.36. The van der Waals surface area contributed by atoms with E-state index in [-0.39, 0.29) is 12.5 Å². The number of hydrogen-bond donors (Lipinski definition) is 1. The van der Waals surface area contributed by atoms with Crippen LogP contribution in [0.5, 0.6) is 5.75 Å². The minimum absolute atomic E-state index is 0.110. The highest BCUT2D eigenvalue weighted by Gasteiger charge is 2.01. The lowest BCUT2D eigenvalue weighted by Gasteiger charge is -2.05. The van der Waals surface area contributed by atoms with Gasteiger partial charge in [0.2, 0.25) is 0 Å². The summed E-state index contributed by atoms with van der Waals surface area (Å²) < 4.78 is 5.33. The molecule has 0 atom stereocenters. The van der Waals surface area contributed by atoms with Gasteiger partial charge >= 0.3 is 0 Å². The molecule has 118 valence electrons. The van der Waals surface area contributed by atoms with Crippen LogP contribution >= 0.6 is 11.6 Å². The van der Waals surface area contributed by atoms with Crippen molar-refractivity contribution in [3.05, 3.63) is 71.3 Å². The predicted molar refractivity (Wildman–Crippen MR) is 93.7 cm³/mol. The Balaban J connectivity index is 1.78. The van der Waals surface area contributed by atoms with E-state index in [0.717, 1.165) is 5.56 Å². The monoisotopic (exact) mass is 328 g/mol. The molecule has 2 aromatic rings. The van der Waals surface area contributed by atoms with E-state index in [1.165, 1.54) is 0 Å². The van der Waals surface area contributed by atoms with E-state index in [2.05, 4.69) is 10.5 Å². The lowest BCUT2D eigenvalue weighted by atomic mass is 10.2. The number of ether oxygens (including phenoxy) is 1. The molecule has 0 aliphatic heterocycles. The second-order valence-corrected chi connectivity index (χ2v) is 5.21. The largest absolute Gasteiger partial charge is 0.484 e. The molecule has 0 aromatic heterocycles. The molecule has 2 aromatic carbocycles. The first-order valence-corrected chi connectivity index (χ1v) is 7.46. The zero-order chi connectivity index (χ0) is 16.5. The SMILES string of the molecule is CC(/C=C/c1ccccc1)=N/NC(=O)COc1ccc(Cl)cc1. The first kappa shape index (κ1) is 16.8. The average molecular weight is 329 g/mol. The Kier molecular flexibility index (Phi) is 6.39. The number of carbonyl (C=O) groups excluding carboxylic acids is 1. The number of amides is 1. The Bertz CT molecular complexity index is 695. The number of nitrogens with zero attached hydrogens (tertiary/aromatic N) is 1. The Morgan fingerprint density at radius 2 is 1.87 bits per heavy atom. The number of nitrogens with one attached hydrogen (secondary N) is 1. The average Bonchev–Trinajstić information content (AvgIpc) is 2.58. The molecule has 0 unspecified atom stereocenters. The minimum Gasteiger partial charge on any atom is -0.484 e. The van der Waals surface area contributed by atoms with Crippen LogP contribution in [0.2, 0.25) is 5.02 Å². The molecule has 2 rings (SSSR count). The van der Waals surface area contributed by atoms with Gasteiger partial charge in [-0.1, -0.05) is 48.0 Å². The molecule has 4 nitrogen and oxygen atoms in total. The Hall–Kier alpha value is -2.59. The second-order valence-electron chi connectivity index (χ2n) is 4.77. The zero-order valence-electron chi connectivity index (χ0n) is 12.7. The molecule has 0 fully saturated rings. The van der Waals surface area contributed by atoms with E-state index in [1.54, 1.807) is 31.2 Å². The van der Waals surface area contributed by atoms with Crippen LogP contribution in [0, 0.1) is 0 Å². The van der Waals surface area contributed by atoms with Gasteiger partial charge in [0.15, 0.2) is 6.61 Å². The number of carbonyl (C=O) groups is 1. The fraction of sp³-hybridized carbons (Fsp3) is 0.111. The normalized spacial score (nSPS) is 11.5. The summed E-state index contributed by atoms with van der Waals surface area (Å²) in [7, 11) is 0. The summed E-state index contributed by atoms with van der Waals surface area (Å²) in [6.45, 7) is 1.70. The summed E-state index contributed by atoms with van der Waals surface area (Å²) in [4.78, 5) is 11.7. The standard InChI is InChI=1S/C18H17ClN2O2/c1-14(7-8-15-5-3-2-4-6-15)20-21-18(22)13-23-17-11-9-16(19)10-12-17/h2-12H,13H2,1H3,(H,21,22)/b8-7+,20-14-. The van der Waals surface area contributed by atoms with Crippen LogP contribution in [0.15, 0.2) is 65.8 Å². The van der Waals surface area contributed by atoms with Gasteiger partial charge in [0.1, 0.15) is 5.75 Å². The molecule has 0 spiro atoms. The summed E-state index contributed by atoms with van der Waals surface area (Å²) in [5.74, 6) is 0.252. The van der Waals surface area contributed by atoms with Crippen LogP contribution in [-0.2, 0) is 4.79 Å². The molecule has 23 heavy (non-hydrogen) atoms. The van der Waals surface area contributed by atoms with Crippen molar-refractivity contribution in [1.29, 1.82) is 0 Å². The predicted octanol–water partition coefficient (Wildman–Crippen LogP) is 3.92. The molecular formula is C18H17ClN2O2. The van der Waals surface area contributed by atoms with Crippen molar-refractivity contribution >= 4 is 29.3 Å². The lowest BCUT2D eigenvalue weighted by molar-refractivity contribution is -0.123. The molecule has 0 saturated heterocycles. The number of hydrogen-bond acceptors (Lipinski definition) is 3. The van der Waals surface area contributed by atoms with E-state index in [9.17, 15) is 4.79 Å². The molecule has 0 aliphatic carbocycles. The van der Waals surface area contributed by atoms with E-state index in [1.807, 2.05) is 42.5 Å². The van der Waals surface area contributed by atoms with Crippen LogP contribution in [0.4, 0.5) is 0 Å². The second kappa shape index (κ2) is 8.76. The van der Waals surface area contributed by atoms with Crippen molar-refractivity contribution in [2.75, 3.05) is 6.61 Å². The van der Waals surface area contributed by atoms with Crippen LogP contribution in [0.1, 0.15) is 12.5 Å². The Labute approximate surface area is 140 Å². The number of allylic oxidation sites excluding steroid dienone is 1. The van der Waals surface area contributed by atoms with Crippen molar-refractivity contribution in [2.45, 2.75) is 6.92 Å². The van der Waals surface area contributed by atoms with Crippen LogP contribution in [0.25, 0.3) is 6.08 Å². The first-order chi connectivity index (χ1) is 11.1. The summed E-state index contributed by atoms with van der Waals surface area (Å²) in [5.41, 5.74) is 4.20. The third-order valence-corrected chi connectivity index (χ3v) is 3.11. The molecule has 0 bridgehead atoms. The fourth-order valence-electron chi connectivity index (χ4n) is 1.68. The van der Waals surface area contributed by atoms with E-state index < -0.39 is 0 Å². The van der Waals surface area contributed by atoms with Gasteiger partial charge in [0, 0.05) is 5.02 Å². The van der Waals surface area contributed by atoms with E-state index in [4.69, 9.17) is 16.3 Å². The Morgan fingerprint density at radius 1 is 1.17 bits per heavy atom. The molecule has 1 N–H and O–H groups in total. The Morgan fingerprint density at radius 3 is 2.57 bits per heavy atom. The van der Waals surface area contributed by atoms with Crippen molar-refractivity contribution in [3.63, 3.8) is 0 Å². The van der Waals surface area contributed by atoms with Gasteiger partial charge in [-0.2, -0.15) is 5.10 Å². The summed E-state index contributed by atoms with van der Waals surface area (Å²) in [6, 6.07) is 16.7.